The van der Waals surface area contributed by atoms with Crippen LogP contribution < -0.4 is 14.8 Å². The Kier molecular flexibility index (Phi) is 8.80. The van der Waals surface area contributed by atoms with E-state index in [9.17, 15) is 14.4 Å². The highest BCUT2D eigenvalue weighted by Gasteiger charge is 2.33. The van der Waals surface area contributed by atoms with Crippen LogP contribution in [0.3, 0.4) is 0 Å². The maximum Gasteiger partial charge on any atom is 0.263 e. The SMILES string of the molecule is C[C@H](NC(=O)C(C)(C)Oc1ccccn1)[C@@H](Cc1ccc(OCCF)cc1)c1cccc(C#N)c1. The van der Waals surface area contributed by atoms with Crippen LogP contribution in [0.1, 0.15) is 43.4 Å². The molecule has 1 aromatic heterocycles. The maximum absolute atomic E-state index is 13.2. The van der Waals surface area contributed by atoms with Crippen LogP contribution in [0.15, 0.2) is 72.9 Å². The van der Waals surface area contributed by atoms with Crippen molar-refractivity contribution in [3.63, 3.8) is 0 Å². The largest absolute Gasteiger partial charge is 0.491 e. The molecule has 3 rings (SSSR count). The third-order valence-corrected chi connectivity index (χ3v) is 5.68. The Hall–Kier alpha value is -3.92. The first kappa shape index (κ1) is 25.7. The van der Waals surface area contributed by atoms with Gasteiger partial charge in [-0.3, -0.25) is 4.79 Å². The summed E-state index contributed by atoms with van der Waals surface area (Å²) in [5.41, 5.74) is 1.38. The van der Waals surface area contributed by atoms with E-state index in [0.29, 0.717) is 23.6 Å². The molecule has 0 bridgehead atoms. The van der Waals surface area contributed by atoms with Gasteiger partial charge in [0.25, 0.3) is 5.91 Å². The summed E-state index contributed by atoms with van der Waals surface area (Å²) in [5, 5.41) is 12.5. The molecular weight excluding hydrogens is 445 g/mol. The van der Waals surface area contributed by atoms with Gasteiger partial charge in [0.2, 0.25) is 5.88 Å². The number of pyridine rings is 1. The molecule has 0 fully saturated rings. The fourth-order valence-corrected chi connectivity index (χ4v) is 3.75. The molecule has 0 saturated heterocycles. The average molecular weight is 476 g/mol. The van der Waals surface area contributed by atoms with E-state index in [0.717, 1.165) is 11.1 Å². The summed E-state index contributed by atoms with van der Waals surface area (Å²) in [6.45, 7) is 4.81. The van der Waals surface area contributed by atoms with Gasteiger partial charge in [-0.25, -0.2) is 9.37 Å². The van der Waals surface area contributed by atoms with Crippen molar-refractivity contribution >= 4 is 5.91 Å². The molecule has 0 saturated carbocycles. The highest BCUT2D eigenvalue weighted by Crippen LogP contribution is 2.27. The maximum atomic E-state index is 13.2. The minimum absolute atomic E-state index is 0.0162. The summed E-state index contributed by atoms with van der Waals surface area (Å²) < 4.78 is 23.6. The van der Waals surface area contributed by atoms with Crippen LogP contribution in [0, 0.1) is 11.3 Å². The first-order chi connectivity index (χ1) is 16.8. The summed E-state index contributed by atoms with van der Waals surface area (Å²) >= 11 is 0. The molecule has 2 atom stereocenters. The number of amides is 1. The number of carbonyl (C=O) groups excluding carboxylic acids is 1. The minimum Gasteiger partial charge on any atom is -0.491 e. The molecule has 35 heavy (non-hydrogen) atoms. The van der Waals surface area contributed by atoms with Crippen LogP contribution in [0.5, 0.6) is 11.6 Å². The molecule has 0 aliphatic rings. The molecule has 1 amide bonds. The Labute approximate surface area is 205 Å². The number of rotatable bonds is 11. The van der Waals surface area contributed by atoms with Crippen molar-refractivity contribution in [2.75, 3.05) is 13.3 Å². The average Bonchev–Trinajstić information content (AvgIpc) is 2.87. The second-order valence-corrected chi connectivity index (χ2v) is 8.77. The predicted octanol–water partition coefficient (Wildman–Crippen LogP) is 4.99. The van der Waals surface area contributed by atoms with E-state index in [1.807, 2.05) is 37.3 Å². The van der Waals surface area contributed by atoms with Crippen molar-refractivity contribution in [1.82, 2.24) is 10.3 Å². The normalized spacial score (nSPS) is 12.8. The van der Waals surface area contributed by atoms with Gasteiger partial charge in [-0.05, 0) is 68.7 Å². The molecule has 2 aromatic carbocycles. The molecule has 182 valence electrons. The Morgan fingerprint density at radius 1 is 1.14 bits per heavy atom. The zero-order valence-corrected chi connectivity index (χ0v) is 20.2. The van der Waals surface area contributed by atoms with Crippen LogP contribution in [0.2, 0.25) is 0 Å². The van der Waals surface area contributed by atoms with Crippen LogP contribution in [0.25, 0.3) is 0 Å². The number of halogens is 1. The number of benzene rings is 2. The lowest BCUT2D eigenvalue weighted by Crippen LogP contribution is -2.51. The van der Waals surface area contributed by atoms with Gasteiger partial charge in [-0.15, -0.1) is 0 Å². The van der Waals surface area contributed by atoms with Crippen molar-refractivity contribution in [3.05, 3.63) is 89.6 Å². The van der Waals surface area contributed by atoms with E-state index >= 15 is 0 Å². The van der Waals surface area contributed by atoms with Crippen LogP contribution in [0.4, 0.5) is 4.39 Å². The number of nitrogens with zero attached hydrogens (tertiary/aromatic N) is 2. The van der Waals surface area contributed by atoms with Crippen molar-refractivity contribution in [1.29, 1.82) is 5.26 Å². The lowest BCUT2D eigenvalue weighted by atomic mass is 9.85. The first-order valence-corrected chi connectivity index (χ1v) is 11.5. The number of carbonyl (C=O) groups is 1. The van der Waals surface area contributed by atoms with Gasteiger partial charge in [-0.2, -0.15) is 5.26 Å². The van der Waals surface area contributed by atoms with Gasteiger partial charge >= 0.3 is 0 Å². The predicted molar refractivity (Wildman–Crippen MR) is 132 cm³/mol. The van der Waals surface area contributed by atoms with Gasteiger partial charge in [0.15, 0.2) is 5.60 Å². The monoisotopic (exact) mass is 475 g/mol. The number of ether oxygens (including phenoxy) is 2. The summed E-state index contributed by atoms with van der Waals surface area (Å²) in [6, 6.07) is 22.1. The lowest BCUT2D eigenvalue weighted by Gasteiger charge is -2.30. The van der Waals surface area contributed by atoms with E-state index < -0.39 is 12.3 Å². The van der Waals surface area contributed by atoms with Gasteiger partial charge in [0.1, 0.15) is 19.0 Å². The Bertz CT molecular complexity index is 1140. The van der Waals surface area contributed by atoms with E-state index in [2.05, 4.69) is 16.4 Å². The van der Waals surface area contributed by atoms with Crippen molar-refractivity contribution in [2.24, 2.45) is 0 Å². The van der Waals surface area contributed by atoms with E-state index in [-0.39, 0.29) is 24.5 Å². The van der Waals surface area contributed by atoms with Crippen LogP contribution >= 0.6 is 0 Å². The van der Waals surface area contributed by atoms with Gasteiger partial charge in [-0.1, -0.05) is 30.3 Å². The van der Waals surface area contributed by atoms with E-state index in [1.54, 1.807) is 56.4 Å². The number of alkyl halides is 1. The zero-order chi connectivity index (χ0) is 25.3. The molecule has 3 aromatic rings. The number of hydrogen-bond donors (Lipinski definition) is 1. The van der Waals surface area contributed by atoms with E-state index in [1.165, 1.54) is 0 Å². The molecular formula is C28H30FN3O3. The molecule has 0 spiro atoms. The lowest BCUT2D eigenvalue weighted by molar-refractivity contribution is -0.135. The molecule has 0 aliphatic carbocycles. The highest BCUT2D eigenvalue weighted by molar-refractivity contribution is 5.85. The van der Waals surface area contributed by atoms with E-state index in [4.69, 9.17) is 9.47 Å². The zero-order valence-electron chi connectivity index (χ0n) is 20.2. The molecule has 6 nitrogen and oxygen atoms in total. The van der Waals surface area contributed by atoms with Gasteiger partial charge < -0.3 is 14.8 Å². The first-order valence-electron chi connectivity index (χ1n) is 11.5. The summed E-state index contributed by atoms with van der Waals surface area (Å²) in [6.07, 6.45) is 2.22. The highest BCUT2D eigenvalue weighted by atomic mass is 19.1. The summed E-state index contributed by atoms with van der Waals surface area (Å²) in [5.74, 6) is 0.584. The minimum atomic E-state index is -1.14. The van der Waals surface area contributed by atoms with Crippen molar-refractivity contribution < 1.29 is 18.7 Å². The number of nitriles is 1. The number of aromatic nitrogens is 1. The third-order valence-electron chi connectivity index (χ3n) is 5.68. The van der Waals surface area contributed by atoms with Gasteiger partial charge in [0.05, 0.1) is 11.6 Å². The quantitative estimate of drug-likeness (QED) is 0.422. The fraction of sp³-hybridized carbons (Fsp3) is 0.321. The molecule has 0 aliphatic heterocycles. The second kappa shape index (κ2) is 12.0. The topological polar surface area (TPSA) is 84.2 Å². The van der Waals surface area contributed by atoms with Crippen molar-refractivity contribution in [3.8, 4) is 17.7 Å². The third kappa shape index (κ3) is 7.28. The summed E-state index contributed by atoms with van der Waals surface area (Å²) in [7, 11) is 0. The Morgan fingerprint density at radius 3 is 2.57 bits per heavy atom. The van der Waals surface area contributed by atoms with Gasteiger partial charge in [0, 0.05) is 24.2 Å². The molecule has 1 heterocycles. The number of hydrogen-bond acceptors (Lipinski definition) is 5. The smallest absolute Gasteiger partial charge is 0.263 e. The molecule has 1 N–H and O–H groups in total. The fourth-order valence-electron chi connectivity index (χ4n) is 3.75. The Morgan fingerprint density at radius 2 is 1.91 bits per heavy atom. The number of nitrogens with one attached hydrogen (secondary N) is 1. The summed E-state index contributed by atoms with van der Waals surface area (Å²) in [4.78, 5) is 17.3. The standard InChI is InChI=1S/C28H30FN3O3/c1-20(32-27(33)28(2,3)35-26-9-4-5-15-31-26)25(23-8-6-7-22(17-23)19-30)18-21-10-12-24(13-11-21)34-16-14-29/h4-13,15,17,20,25H,14,16,18H2,1-3H3,(H,32,33)/t20-,25+/m0/s1. The van der Waals surface area contributed by atoms with Crippen molar-refractivity contribution in [2.45, 2.75) is 44.8 Å². The second-order valence-electron chi connectivity index (χ2n) is 8.77. The molecule has 0 unspecified atom stereocenters. The van der Waals surface area contributed by atoms with Crippen LogP contribution in [-0.2, 0) is 11.2 Å². The van der Waals surface area contributed by atoms with Crippen LogP contribution in [-0.4, -0.2) is 35.8 Å². The molecule has 0 radical (unpaired) electrons. The Balaban J connectivity index is 1.80. The molecule has 7 heteroatoms.